The Morgan fingerprint density at radius 1 is 0.898 bits per heavy atom. The van der Waals surface area contributed by atoms with Crippen molar-refractivity contribution in [3.8, 4) is 0 Å². The van der Waals surface area contributed by atoms with Crippen molar-refractivity contribution in [2.45, 2.75) is 166 Å². The summed E-state index contributed by atoms with van der Waals surface area (Å²) in [6.45, 7) is 6.13. The topological polar surface area (TPSA) is 170 Å². The van der Waals surface area contributed by atoms with Gasteiger partial charge in [-0.1, -0.05) is 104 Å². The summed E-state index contributed by atoms with van der Waals surface area (Å²) in [6.07, 6.45) is 15.0. The third kappa shape index (κ3) is 17.3. The van der Waals surface area contributed by atoms with Crippen LogP contribution in [0.1, 0.15) is 136 Å². The van der Waals surface area contributed by atoms with Crippen LogP contribution in [-0.2, 0) is 23.1 Å². The summed E-state index contributed by atoms with van der Waals surface area (Å²) in [5, 5.41) is 21.0. The van der Waals surface area contributed by atoms with E-state index >= 15 is 0 Å². The molecule has 0 aliphatic carbocycles. The minimum Gasteiger partial charge on any atom is -0.387 e. The molecule has 7 atom stereocenters. The monoisotopic (exact) mass is 740 g/mol. The molecule has 12 nitrogen and oxygen atoms in total. The van der Waals surface area contributed by atoms with E-state index in [1.165, 1.54) is 96.3 Å². The van der Waals surface area contributed by atoms with Crippen LogP contribution in [0.4, 0.5) is 4.39 Å². The highest BCUT2D eigenvalue weighted by atomic mass is 32.2. The maximum Gasteiger partial charge on any atom is 0.472 e. The first-order valence-corrected chi connectivity index (χ1v) is 20.9. The Morgan fingerprint density at radius 3 is 2.12 bits per heavy atom. The van der Waals surface area contributed by atoms with Gasteiger partial charge in [0, 0.05) is 11.9 Å². The number of hydrogen-bond donors (Lipinski definition) is 4. The number of phosphoric ester groups is 1. The lowest BCUT2D eigenvalue weighted by atomic mass is 10.1. The van der Waals surface area contributed by atoms with Crippen molar-refractivity contribution in [1.29, 1.82) is 0 Å². The summed E-state index contributed by atoms with van der Waals surface area (Å²) in [5.41, 5.74) is -2.31. The largest absolute Gasteiger partial charge is 0.472 e. The molecule has 0 saturated carbocycles. The third-order valence-electron chi connectivity index (χ3n) is 8.81. The number of unbranched alkanes of at least 4 members (excludes halogenated alkanes) is 13. The molecule has 0 radical (unpaired) electrons. The molecule has 1 aromatic rings. The van der Waals surface area contributed by atoms with Crippen LogP contribution in [0.5, 0.6) is 0 Å². The smallest absolute Gasteiger partial charge is 0.387 e. The molecule has 0 amide bonds. The average molecular weight is 741 g/mol. The number of phosphoric acid groups is 1. The lowest BCUT2D eigenvalue weighted by Gasteiger charge is -2.24. The molecule has 1 aromatic heterocycles. The number of hydrogen-bond acceptors (Lipinski definition) is 10. The van der Waals surface area contributed by atoms with E-state index < -0.39 is 56.0 Å². The molecule has 2 heterocycles. The van der Waals surface area contributed by atoms with Gasteiger partial charge in [0.1, 0.15) is 18.3 Å². The molecule has 1 aliphatic rings. The molecule has 2 rings (SSSR count). The van der Waals surface area contributed by atoms with Gasteiger partial charge in [-0.05, 0) is 31.9 Å². The van der Waals surface area contributed by atoms with Crippen LogP contribution in [0.3, 0.4) is 0 Å². The van der Waals surface area contributed by atoms with Crippen molar-refractivity contribution in [2.24, 2.45) is 0 Å². The van der Waals surface area contributed by atoms with E-state index in [0.717, 1.165) is 12.2 Å². The number of aliphatic hydroxyl groups is 2. The van der Waals surface area contributed by atoms with E-state index in [1.54, 1.807) is 4.98 Å². The summed E-state index contributed by atoms with van der Waals surface area (Å²) in [7, 11) is -4.56. The second-order valence-electron chi connectivity index (χ2n) is 13.0. The number of nitrogens with zero attached hydrogens (tertiary/aromatic N) is 1. The van der Waals surface area contributed by atoms with Gasteiger partial charge in [0.05, 0.1) is 25.5 Å². The molecule has 15 heteroatoms. The average Bonchev–Trinajstić information content (AvgIpc) is 3.35. The standard InChI is InChI=1S/C34H62FN2O10PS/c1-4-6-8-10-12-13-14-16-18-23-49-29(20-17-15-11-9-7-5-2)26(3)44-21-19-22-45-48(42,43)46-25-28-30(38)31(39)33(47-28)37-24-27(35)32(40)36-34(37)41/h24,26,28-31,33,38-39H,4-23,25H2,1-3H3,(H,42,43)(H,36,40,41)/t26?,28-,29?,30-,31-,33-/m1/s1. The quantitative estimate of drug-likeness (QED) is 0.0515. The molecule has 0 bridgehead atoms. The fourth-order valence-electron chi connectivity index (χ4n) is 5.79. The van der Waals surface area contributed by atoms with E-state index in [2.05, 4.69) is 20.8 Å². The first-order chi connectivity index (χ1) is 23.5. The van der Waals surface area contributed by atoms with Gasteiger partial charge in [0.25, 0.3) is 5.56 Å². The van der Waals surface area contributed by atoms with Gasteiger partial charge in [0.15, 0.2) is 6.23 Å². The maximum absolute atomic E-state index is 13.7. The number of aliphatic hydroxyl groups excluding tert-OH is 2. The fraction of sp³-hybridized carbons (Fsp3) is 0.882. The van der Waals surface area contributed by atoms with Crippen molar-refractivity contribution in [3.63, 3.8) is 0 Å². The summed E-state index contributed by atoms with van der Waals surface area (Å²) in [4.78, 5) is 35.2. The van der Waals surface area contributed by atoms with E-state index in [0.29, 0.717) is 29.0 Å². The Kier molecular flexibility index (Phi) is 22.5. The first-order valence-electron chi connectivity index (χ1n) is 18.4. The van der Waals surface area contributed by atoms with Crippen LogP contribution in [0.25, 0.3) is 0 Å². The summed E-state index contributed by atoms with van der Waals surface area (Å²) in [5.74, 6) is -0.175. The van der Waals surface area contributed by atoms with Crippen LogP contribution in [0.2, 0.25) is 0 Å². The summed E-state index contributed by atoms with van der Waals surface area (Å²) in [6, 6.07) is 0. The Hall–Kier alpha value is -1.09. The van der Waals surface area contributed by atoms with Gasteiger partial charge >= 0.3 is 13.5 Å². The van der Waals surface area contributed by atoms with E-state index in [1.807, 2.05) is 11.8 Å². The summed E-state index contributed by atoms with van der Waals surface area (Å²) >= 11 is 2.00. The minimum absolute atomic E-state index is 0.0280. The fourth-order valence-corrected chi connectivity index (χ4v) is 7.92. The molecule has 0 spiro atoms. The zero-order valence-corrected chi connectivity index (χ0v) is 31.5. The van der Waals surface area contributed by atoms with Crippen molar-refractivity contribution in [1.82, 2.24) is 9.55 Å². The lowest BCUT2D eigenvalue weighted by Crippen LogP contribution is -2.38. The number of ether oxygens (including phenoxy) is 2. The number of aromatic nitrogens is 2. The van der Waals surface area contributed by atoms with Gasteiger partial charge in [0.2, 0.25) is 5.82 Å². The predicted octanol–water partition coefficient (Wildman–Crippen LogP) is 6.61. The number of nitrogens with one attached hydrogen (secondary N) is 1. The Balaban J connectivity index is 1.71. The van der Waals surface area contributed by atoms with Crippen molar-refractivity contribution in [2.75, 3.05) is 25.6 Å². The molecule has 0 aromatic carbocycles. The highest BCUT2D eigenvalue weighted by Crippen LogP contribution is 2.44. The number of aromatic amines is 1. The minimum atomic E-state index is -4.56. The molecule has 1 fully saturated rings. The van der Waals surface area contributed by atoms with Crippen molar-refractivity contribution >= 4 is 19.6 Å². The lowest BCUT2D eigenvalue weighted by molar-refractivity contribution is -0.0557. The SMILES string of the molecule is CCCCCCCCCCCSC(CCCCCCCC)C(C)OCCCOP(=O)(O)OC[C@H]1O[C@@H](n2cc(F)c(=O)[nH]c2=O)[C@H](O)[C@@H]1O. The number of halogens is 1. The predicted molar refractivity (Wildman–Crippen MR) is 190 cm³/mol. The van der Waals surface area contributed by atoms with E-state index in [-0.39, 0.29) is 12.7 Å². The van der Waals surface area contributed by atoms with E-state index in [9.17, 15) is 33.7 Å². The second kappa shape index (κ2) is 25.0. The third-order valence-corrected chi connectivity index (χ3v) is 11.4. The maximum atomic E-state index is 13.7. The first kappa shape index (κ1) is 44.1. The Bertz CT molecular complexity index is 1190. The van der Waals surface area contributed by atoms with Crippen molar-refractivity contribution < 1.29 is 42.6 Å². The molecule has 1 saturated heterocycles. The van der Waals surface area contributed by atoms with Crippen molar-refractivity contribution in [3.05, 3.63) is 32.9 Å². The zero-order valence-electron chi connectivity index (χ0n) is 29.8. The highest BCUT2D eigenvalue weighted by molar-refractivity contribution is 7.99. The second-order valence-corrected chi connectivity index (χ2v) is 15.8. The Morgan fingerprint density at radius 2 is 1.49 bits per heavy atom. The van der Waals surface area contributed by atoms with Crippen LogP contribution in [-0.4, -0.2) is 79.9 Å². The number of thioether (sulfide) groups is 1. The van der Waals surface area contributed by atoms with Gasteiger partial charge in [-0.3, -0.25) is 23.4 Å². The molecule has 286 valence electrons. The van der Waals surface area contributed by atoms with Gasteiger partial charge in [-0.25, -0.2) is 9.36 Å². The molecule has 49 heavy (non-hydrogen) atoms. The Labute approximate surface area is 295 Å². The highest BCUT2D eigenvalue weighted by Gasteiger charge is 2.45. The molecule has 3 unspecified atom stereocenters. The molecular formula is C34H62FN2O10PS. The number of rotatable bonds is 29. The normalized spacial score (nSPS) is 21.9. The van der Waals surface area contributed by atoms with Gasteiger partial charge in [-0.2, -0.15) is 16.2 Å². The van der Waals surface area contributed by atoms with Crippen LogP contribution >= 0.6 is 19.6 Å². The van der Waals surface area contributed by atoms with Gasteiger partial charge in [-0.15, -0.1) is 0 Å². The molecular weight excluding hydrogens is 678 g/mol. The van der Waals surface area contributed by atoms with Gasteiger partial charge < -0.3 is 24.6 Å². The molecule has 4 N–H and O–H groups in total. The van der Waals surface area contributed by atoms with Crippen LogP contribution < -0.4 is 11.2 Å². The number of H-pyrrole nitrogens is 1. The van der Waals surface area contributed by atoms with Crippen LogP contribution in [0, 0.1) is 5.82 Å². The van der Waals surface area contributed by atoms with Crippen LogP contribution in [0.15, 0.2) is 15.8 Å². The van der Waals surface area contributed by atoms with E-state index in [4.69, 9.17) is 18.5 Å². The zero-order chi connectivity index (χ0) is 36.1. The molecule has 1 aliphatic heterocycles. The summed E-state index contributed by atoms with van der Waals surface area (Å²) < 4.78 is 48.3.